The SMILES string of the molecule is Cc1ccccc1OCC(=O)Nc1ccc(N2C=CCNc3c2ccc2ccccc32)cc1. The maximum absolute atomic E-state index is 12.4. The Morgan fingerprint density at radius 2 is 1.76 bits per heavy atom. The highest BCUT2D eigenvalue weighted by molar-refractivity contribution is 6.02. The number of hydrogen-bond donors (Lipinski definition) is 2. The highest BCUT2D eigenvalue weighted by Gasteiger charge is 2.16. The van der Waals surface area contributed by atoms with Crippen molar-refractivity contribution in [2.45, 2.75) is 6.92 Å². The van der Waals surface area contributed by atoms with E-state index in [2.05, 4.69) is 64.2 Å². The van der Waals surface area contributed by atoms with Crippen molar-refractivity contribution < 1.29 is 9.53 Å². The molecule has 0 spiro atoms. The van der Waals surface area contributed by atoms with Crippen LogP contribution in [0.25, 0.3) is 10.8 Å². The van der Waals surface area contributed by atoms with E-state index in [0.717, 1.165) is 40.6 Å². The summed E-state index contributed by atoms with van der Waals surface area (Å²) in [7, 11) is 0. The summed E-state index contributed by atoms with van der Waals surface area (Å²) in [5.74, 6) is 0.525. The minimum absolute atomic E-state index is 0.0341. The fraction of sp³-hybridized carbons (Fsp3) is 0.107. The van der Waals surface area contributed by atoms with Gasteiger partial charge in [0.25, 0.3) is 5.91 Å². The van der Waals surface area contributed by atoms with E-state index in [9.17, 15) is 4.79 Å². The first-order chi connectivity index (χ1) is 16.2. The van der Waals surface area contributed by atoms with Crippen LogP contribution >= 0.6 is 0 Å². The Kier molecular flexibility index (Phi) is 5.68. The number of benzene rings is 4. The number of amides is 1. The molecule has 5 rings (SSSR count). The second-order valence-electron chi connectivity index (χ2n) is 7.97. The molecule has 0 saturated heterocycles. The Bertz CT molecular complexity index is 1330. The van der Waals surface area contributed by atoms with E-state index in [-0.39, 0.29) is 12.5 Å². The van der Waals surface area contributed by atoms with Gasteiger partial charge >= 0.3 is 0 Å². The van der Waals surface area contributed by atoms with E-state index in [0.29, 0.717) is 0 Å². The highest BCUT2D eigenvalue weighted by Crippen LogP contribution is 2.39. The lowest BCUT2D eigenvalue weighted by atomic mass is 10.1. The highest BCUT2D eigenvalue weighted by atomic mass is 16.5. The van der Waals surface area contributed by atoms with Gasteiger partial charge in [-0.25, -0.2) is 0 Å². The third kappa shape index (κ3) is 4.39. The van der Waals surface area contributed by atoms with Crippen molar-refractivity contribution in [2.75, 3.05) is 28.7 Å². The maximum atomic E-state index is 12.4. The molecule has 0 aliphatic carbocycles. The second-order valence-corrected chi connectivity index (χ2v) is 7.97. The molecule has 4 aromatic carbocycles. The molecule has 0 aromatic heterocycles. The van der Waals surface area contributed by atoms with Gasteiger partial charge in [0.05, 0.1) is 11.4 Å². The summed E-state index contributed by atoms with van der Waals surface area (Å²) in [6, 6.07) is 28.2. The van der Waals surface area contributed by atoms with Crippen LogP contribution in [-0.2, 0) is 4.79 Å². The normalized spacial score (nSPS) is 12.6. The van der Waals surface area contributed by atoms with Gasteiger partial charge in [-0.05, 0) is 60.3 Å². The Labute approximate surface area is 193 Å². The van der Waals surface area contributed by atoms with Crippen LogP contribution in [0.2, 0.25) is 0 Å². The van der Waals surface area contributed by atoms with E-state index < -0.39 is 0 Å². The van der Waals surface area contributed by atoms with Crippen molar-refractivity contribution in [3.8, 4) is 5.75 Å². The first-order valence-electron chi connectivity index (χ1n) is 11.0. The first-order valence-corrected chi connectivity index (χ1v) is 11.0. The summed E-state index contributed by atoms with van der Waals surface area (Å²) in [5, 5.41) is 8.84. The predicted molar refractivity (Wildman–Crippen MR) is 135 cm³/mol. The van der Waals surface area contributed by atoms with Crippen molar-refractivity contribution in [2.24, 2.45) is 0 Å². The van der Waals surface area contributed by atoms with Gasteiger partial charge < -0.3 is 20.3 Å². The summed E-state index contributed by atoms with van der Waals surface area (Å²) in [4.78, 5) is 14.5. The van der Waals surface area contributed by atoms with Gasteiger partial charge in [-0.1, -0.05) is 48.5 Å². The van der Waals surface area contributed by atoms with Crippen molar-refractivity contribution in [3.05, 3.63) is 103 Å². The number of carbonyl (C=O) groups is 1. The fourth-order valence-corrected chi connectivity index (χ4v) is 4.04. The van der Waals surface area contributed by atoms with Crippen LogP contribution in [0.4, 0.5) is 22.7 Å². The van der Waals surface area contributed by atoms with Crippen LogP contribution in [0, 0.1) is 6.92 Å². The van der Waals surface area contributed by atoms with Gasteiger partial charge in [0, 0.05) is 29.5 Å². The number of carbonyl (C=O) groups excluding carboxylic acids is 1. The zero-order valence-electron chi connectivity index (χ0n) is 18.4. The monoisotopic (exact) mass is 435 g/mol. The van der Waals surface area contributed by atoms with Gasteiger partial charge in [0.15, 0.2) is 6.61 Å². The van der Waals surface area contributed by atoms with Crippen LogP contribution in [0.3, 0.4) is 0 Å². The largest absolute Gasteiger partial charge is 0.483 e. The molecule has 4 aromatic rings. The van der Waals surface area contributed by atoms with E-state index in [4.69, 9.17) is 4.74 Å². The van der Waals surface area contributed by atoms with E-state index in [1.807, 2.05) is 55.5 Å². The summed E-state index contributed by atoms with van der Waals surface area (Å²) < 4.78 is 5.64. The number of rotatable bonds is 5. The van der Waals surface area contributed by atoms with Gasteiger partial charge in [-0.3, -0.25) is 4.79 Å². The minimum Gasteiger partial charge on any atom is -0.483 e. The Balaban J connectivity index is 1.32. The van der Waals surface area contributed by atoms with Gasteiger partial charge in [0.2, 0.25) is 0 Å². The summed E-state index contributed by atoms with van der Waals surface area (Å²) in [5.41, 5.74) is 4.95. The van der Waals surface area contributed by atoms with Crippen LogP contribution < -0.4 is 20.3 Å². The van der Waals surface area contributed by atoms with Crippen LogP contribution in [0.1, 0.15) is 5.56 Å². The molecule has 1 aliphatic heterocycles. The van der Waals surface area contributed by atoms with Crippen LogP contribution in [-0.4, -0.2) is 19.1 Å². The van der Waals surface area contributed by atoms with E-state index in [1.165, 1.54) is 10.8 Å². The molecule has 2 N–H and O–H groups in total. The number of para-hydroxylation sites is 1. The van der Waals surface area contributed by atoms with E-state index in [1.54, 1.807) is 0 Å². The molecule has 0 radical (unpaired) electrons. The van der Waals surface area contributed by atoms with Crippen molar-refractivity contribution >= 4 is 39.4 Å². The molecule has 0 unspecified atom stereocenters. The molecule has 0 atom stereocenters. The molecule has 1 aliphatic rings. The van der Waals surface area contributed by atoms with Crippen molar-refractivity contribution in [3.63, 3.8) is 0 Å². The molecule has 1 amide bonds. The number of nitrogens with zero attached hydrogens (tertiary/aromatic N) is 1. The van der Waals surface area contributed by atoms with Gasteiger partial charge in [-0.15, -0.1) is 0 Å². The number of ether oxygens (including phenoxy) is 1. The van der Waals surface area contributed by atoms with Crippen LogP contribution in [0.15, 0.2) is 97.2 Å². The van der Waals surface area contributed by atoms with Crippen molar-refractivity contribution in [1.82, 2.24) is 0 Å². The van der Waals surface area contributed by atoms with E-state index >= 15 is 0 Å². The lowest BCUT2D eigenvalue weighted by molar-refractivity contribution is -0.118. The predicted octanol–water partition coefficient (Wildman–Crippen LogP) is 6.24. The first kappa shape index (κ1) is 20.6. The topological polar surface area (TPSA) is 53.6 Å². The minimum atomic E-state index is -0.193. The Hall–Kier alpha value is -4.25. The molecular formula is C28H25N3O2. The molecule has 1 heterocycles. The zero-order chi connectivity index (χ0) is 22.6. The Morgan fingerprint density at radius 3 is 2.61 bits per heavy atom. The number of nitrogens with one attached hydrogen (secondary N) is 2. The molecular weight excluding hydrogens is 410 g/mol. The van der Waals surface area contributed by atoms with Gasteiger partial charge in [0.1, 0.15) is 5.75 Å². The third-order valence-electron chi connectivity index (χ3n) is 5.70. The molecule has 164 valence electrons. The average Bonchev–Trinajstić information content (AvgIpc) is 3.07. The smallest absolute Gasteiger partial charge is 0.262 e. The molecule has 33 heavy (non-hydrogen) atoms. The second kappa shape index (κ2) is 9.09. The quantitative estimate of drug-likeness (QED) is 0.389. The standard InChI is InChI=1S/C28H25N3O2/c1-20-7-2-5-10-26(20)33-19-27(32)30-22-12-14-23(15-13-22)31-18-6-17-29-28-24-9-4-3-8-21(24)11-16-25(28)31/h2-16,18,29H,17,19H2,1H3,(H,30,32). The molecule has 5 heteroatoms. The van der Waals surface area contributed by atoms with Crippen LogP contribution in [0.5, 0.6) is 5.75 Å². The van der Waals surface area contributed by atoms with Gasteiger partial charge in [-0.2, -0.15) is 0 Å². The number of anilines is 4. The lowest BCUT2D eigenvalue weighted by Crippen LogP contribution is -2.20. The molecule has 0 saturated carbocycles. The number of aryl methyl sites for hydroxylation is 1. The summed E-state index contributed by atoms with van der Waals surface area (Å²) >= 11 is 0. The average molecular weight is 436 g/mol. The maximum Gasteiger partial charge on any atom is 0.262 e. The zero-order valence-corrected chi connectivity index (χ0v) is 18.4. The molecule has 5 nitrogen and oxygen atoms in total. The number of hydrogen-bond acceptors (Lipinski definition) is 4. The number of fused-ring (bicyclic) bond motifs is 3. The lowest BCUT2D eigenvalue weighted by Gasteiger charge is -2.23. The summed E-state index contributed by atoms with van der Waals surface area (Å²) in [6.07, 6.45) is 4.19. The third-order valence-corrected chi connectivity index (χ3v) is 5.70. The fourth-order valence-electron chi connectivity index (χ4n) is 4.04. The molecule has 0 fully saturated rings. The Morgan fingerprint density at radius 1 is 0.970 bits per heavy atom. The van der Waals surface area contributed by atoms with Crippen molar-refractivity contribution in [1.29, 1.82) is 0 Å². The molecule has 0 bridgehead atoms. The summed E-state index contributed by atoms with van der Waals surface area (Å²) in [6.45, 7) is 2.68.